The van der Waals surface area contributed by atoms with Crippen LogP contribution in [0.5, 0.6) is 0 Å². The third-order valence-electron chi connectivity index (χ3n) is 0.534. The second-order valence-electron chi connectivity index (χ2n) is 1.06. The molecule has 0 bridgehead atoms. The zero-order chi connectivity index (χ0) is 5.86. The van der Waals surface area contributed by atoms with Gasteiger partial charge in [0.15, 0.2) is 6.23 Å². The Bertz CT molecular complexity index is 77.7. The summed E-state index contributed by atoms with van der Waals surface area (Å²) >= 11 is 0. The van der Waals surface area contributed by atoms with Crippen molar-refractivity contribution >= 4 is 18.3 Å². The highest BCUT2D eigenvalue weighted by Crippen LogP contribution is 1.71. The first kappa shape index (κ1) is 10.6. The number of nitrogens with two attached hydrogens (primary N) is 2. The zero-order valence-corrected chi connectivity index (χ0v) is 5.27. The van der Waals surface area contributed by atoms with Crippen LogP contribution >= 0.6 is 12.4 Å². The van der Waals surface area contributed by atoms with E-state index < -0.39 is 12.1 Å². The van der Waals surface area contributed by atoms with E-state index in [4.69, 9.17) is 5.73 Å². The summed E-state index contributed by atoms with van der Waals surface area (Å²) in [6.07, 6.45) is -0.958. The van der Waals surface area contributed by atoms with Crippen molar-refractivity contribution in [2.45, 2.75) is 6.23 Å². The summed E-state index contributed by atoms with van der Waals surface area (Å²) in [6, 6.07) is 0. The van der Waals surface area contributed by atoms with Crippen LogP contribution < -0.4 is 11.5 Å². The first-order valence-corrected chi connectivity index (χ1v) is 1.76. The number of halogens is 1. The van der Waals surface area contributed by atoms with Gasteiger partial charge in [-0.05, 0) is 0 Å². The molecule has 4 N–H and O–H groups in total. The number of hydrogen-bond acceptors (Lipinski definition) is 3. The molecule has 0 aromatic carbocycles. The fourth-order valence-electron chi connectivity index (χ4n) is 0.116. The minimum Gasteiger partial charge on any atom is -0.366 e. The Morgan fingerprint density at radius 2 is 2.12 bits per heavy atom. The van der Waals surface area contributed by atoms with Gasteiger partial charge in [-0.15, -0.1) is 12.4 Å². The molecular formula is C3H9ClN2O2. The summed E-state index contributed by atoms with van der Waals surface area (Å²) in [5, 5.41) is 0. The minimum atomic E-state index is -0.958. The van der Waals surface area contributed by atoms with Gasteiger partial charge in [0, 0.05) is 7.11 Å². The minimum absolute atomic E-state index is 0. The number of carbonyl (C=O) groups is 1. The lowest BCUT2D eigenvalue weighted by Crippen LogP contribution is -2.37. The molecule has 0 aliphatic heterocycles. The summed E-state index contributed by atoms with van der Waals surface area (Å²) in [4.78, 5) is 9.90. The molecule has 1 amide bonds. The number of primary amides is 1. The maximum atomic E-state index is 9.90. The summed E-state index contributed by atoms with van der Waals surface area (Å²) < 4.78 is 4.31. The molecule has 8 heavy (non-hydrogen) atoms. The third kappa shape index (κ3) is 3.86. The average Bonchev–Trinajstić information content (AvgIpc) is 1.65. The topological polar surface area (TPSA) is 78.3 Å². The van der Waals surface area contributed by atoms with Crippen LogP contribution in [0.15, 0.2) is 0 Å². The van der Waals surface area contributed by atoms with Crippen LogP contribution in [0.25, 0.3) is 0 Å². The van der Waals surface area contributed by atoms with Crippen molar-refractivity contribution in [2.24, 2.45) is 11.5 Å². The predicted molar refractivity (Wildman–Crippen MR) is 31.4 cm³/mol. The van der Waals surface area contributed by atoms with Gasteiger partial charge in [0.25, 0.3) is 5.91 Å². The van der Waals surface area contributed by atoms with Gasteiger partial charge < -0.3 is 10.5 Å². The molecule has 0 radical (unpaired) electrons. The van der Waals surface area contributed by atoms with Crippen molar-refractivity contribution in [3.05, 3.63) is 0 Å². The smallest absolute Gasteiger partial charge is 0.261 e. The lowest BCUT2D eigenvalue weighted by atomic mass is 10.6. The van der Waals surface area contributed by atoms with E-state index in [1.165, 1.54) is 7.11 Å². The zero-order valence-electron chi connectivity index (χ0n) is 4.46. The van der Waals surface area contributed by atoms with Crippen LogP contribution in [0.2, 0.25) is 0 Å². The molecule has 50 valence electrons. The van der Waals surface area contributed by atoms with Crippen molar-refractivity contribution in [1.29, 1.82) is 0 Å². The van der Waals surface area contributed by atoms with Crippen molar-refractivity contribution in [3.8, 4) is 0 Å². The summed E-state index contributed by atoms with van der Waals surface area (Å²) in [5.41, 5.74) is 9.58. The molecule has 0 aliphatic carbocycles. The molecule has 0 spiro atoms. The van der Waals surface area contributed by atoms with Gasteiger partial charge in [-0.3, -0.25) is 10.5 Å². The van der Waals surface area contributed by atoms with Gasteiger partial charge in [-0.1, -0.05) is 0 Å². The third-order valence-corrected chi connectivity index (χ3v) is 0.534. The second kappa shape index (κ2) is 4.83. The van der Waals surface area contributed by atoms with E-state index >= 15 is 0 Å². The molecule has 0 rings (SSSR count). The van der Waals surface area contributed by atoms with E-state index in [1.54, 1.807) is 0 Å². The Labute approximate surface area is 53.6 Å². The SMILES string of the molecule is COC(N)C(N)=O.Cl. The van der Waals surface area contributed by atoms with Crippen LogP contribution in [-0.4, -0.2) is 19.2 Å². The van der Waals surface area contributed by atoms with E-state index in [2.05, 4.69) is 10.5 Å². The maximum Gasteiger partial charge on any atom is 0.261 e. The molecule has 1 unspecified atom stereocenters. The normalized spacial score (nSPS) is 11.8. The number of methoxy groups -OCH3 is 1. The van der Waals surface area contributed by atoms with Crippen LogP contribution in [0.1, 0.15) is 0 Å². The summed E-state index contributed by atoms with van der Waals surface area (Å²) in [7, 11) is 1.31. The average molecular weight is 141 g/mol. The quantitative estimate of drug-likeness (QED) is 0.474. The van der Waals surface area contributed by atoms with Gasteiger partial charge in [0.2, 0.25) is 0 Å². The Morgan fingerprint density at radius 3 is 2.12 bits per heavy atom. The molecule has 4 nitrogen and oxygen atoms in total. The van der Waals surface area contributed by atoms with Gasteiger partial charge in [0.05, 0.1) is 0 Å². The maximum absolute atomic E-state index is 9.90. The lowest BCUT2D eigenvalue weighted by Gasteiger charge is -2.00. The van der Waals surface area contributed by atoms with E-state index in [1.807, 2.05) is 0 Å². The molecule has 5 heteroatoms. The molecule has 1 atom stereocenters. The largest absolute Gasteiger partial charge is 0.366 e. The first-order valence-electron chi connectivity index (χ1n) is 1.76. The standard InChI is InChI=1S/C3H8N2O2.ClH/c1-7-3(5)2(4)6;/h3H,5H2,1H3,(H2,4,6);1H. The molecule has 0 aliphatic rings. The summed E-state index contributed by atoms with van der Waals surface area (Å²) in [6.45, 7) is 0. The number of carbonyl (C=O) groups excluding carboxylic acids is 1. The lowest BCUT2D eigenvalue weighted by molar-refractivity contribution is -0.127. The second-order valence-corrected chi connectivity index (χ2v) is 1.06. The van der Waals surface area contributed by atoms with E-state index in [-0.39, 0.29) is 12.4 Å². The van der Waals surface area contributed by atoms with E-state index in [0.29, 0.717) is 0 Å². The number of hydrogen-bond donors (Lipinski definition) is 2. The van der Waals surface area contributed by atoms with E-state index in [9.17, 15) is 4.79 Å². The molecule has 0 saturated heterocycles. The van der Waals surface area contributed by atoms with Crippen molar-refractivity contribution in [1.82, 2.24) is 0 Å². The first-order chi connectivity index (χ1) is 3.18. The number of ether oxygens (including phenoxy) is 1. The van der Waals surface area contributed by atoms with Crippen molar-refractivity contribution < 1.29 is 9.53 Å². The Balaban J connectivity index is 0. The van der Waals surface area contributed by atoms with Crippen molar-refractivity contribution in [2.75, 3.05) is 7.11 Å². The highest BCUT2D eigenvalue weighted by atomic mass is 35.5. The fraction of sp³-hybridized carbons (Fsp3) is 0.667. The molecule has 0 heterocycles. The van der Waals surface area contributed by atoms with Gasteiger partial charge in [-0.2, -0.15) is 0 Å². The number of rotatable bonds is 2. The Kier molecular flexibility index (Phi) is 6.41. The molecule has 0 aromatic heterocycles. The van der Waals surface area contributed by atoms with Crippen LogP contribution in [0.4, 0.5) is 0 Å². The molecule has 0 aromatic rings. The molecule has 0 fully saturated rings. The molecular weight excluding hydrogens is 131 g/mol. The monoisotopic (exact) mass is 140 g/mol. The number of amides is 1. The fourth-order valence-corrected chi connectivity index (χ4v) is 0.116. The van der Waals surface area contributed by atoms with Crippen LogP contribution in [0, 0.1) is 0 Å². The Hall–Kier alpha value is -0.320. The van der Waals surface area contributed by atoms with Gasteiger partial charge in [0.1, 0.15) is 0 Å². The van der Waals surface area contributed by atoms with Gasteiger partial charge in [-0.25, -0.2) is 0 Å². The predicted octanol–water partition coefficient (Wildman–Crippen LogP) is -1.18. The highest BCUT2D eigenvalue weighted by molar-refractivity contribution is 5.85. The van der Waals surface area contributed by atoms with Gasteiger partial charge >= 0.3 is 0 Å². The van der Waals surface area contributed by atoms with E-state index in [0.717, 1.165) is 0 Å². The van der Waals surface area contributed by atoms with Crippen molar-refractivity contribution in [3.63, 3.8) is 0 Å². The highest BCUT2D eigenvalue weighted by Gasteiger charge is 2.03. The molecule has 0 saturated carbocycles. The van der Waals surface area contributed by atoms with Crippen LogP contribution in [-0.2, 0) is 9.53 Å². The van der Waals surface area contributed by atoms with Crippen LogP contribution in [0.3, 0.4) is 0 Å². The summed E-state index contributed by atoms with van der Waals surface area (Å²) in [5.74, 6) is -0.650. The Morgan fingerprint density at radius 1 is 1.75 bits per heavy atom.